The van der Waals surface area contributed by atoms with E-state index < -0.39 is 0 Å². The summed E-state index contributed by atoms with van der Waals surface area (Å²) in [6.45, 7) is 1.62. The predicted octanol–water partition coefficient (Wildman–Crippen LogP) is 3.67. The number of hydrogen-bond donors (Lipinski definition) is 0. The summed E-state index contributed by atoms with van der Waals surface area (Å²) in [5.41, 5.74) is 0. The maximum atomic E-state index is 5.56. The van der Waals surface area contributed by atoms with Crippen molar-refractivity contribution in [2.24, 2.45) is 0 Å². The minimum absolute atomic E-state index is 0.762. The topological polar surface area (TPSA) is 9.23 Å². The van der Waals surface area contributed by atoms with Crippen LogP contribution in [0.1, 0.15) is 24.1 Å². The van der Waals surface area contributed by atoms with Gasteiger partial charge < -0.3 is 4.74 Å². The second-order valence-corrected chi connectivity index (χ2v) is 4.29. The Kier molecular flexibility index (Phi) is 6.25. The lowest BCUT2D eigenvalue weighted by molar-refractivity contribution is 0.119. The van der Waals surface area contributed by atoms with Crippen molar-refractivity contribution in [3.63, 3.8) is 0 Å². The van der Waals surface area contributed by atoms with E-state index in [0.29, 0.717) is 0 Å². The van der Waals surface area contributed by atoms with Gasteiger partial charge in [-0.2, -0.15) is 0 Å². The molecule has 0 saturated carbocycles. The Morgan fingerprint density at radius 1 is 1.31 bits per heavy atom. The van der Waals surface area contributed by atoms with Crippen LogP contribution in [0.2, 0.25) is 0 Å². The normalized spacial score (nSPS) is 10.5. The molecule has 3 heteroatoms. The number of hydrogen-bond acceptors (Lipinski definition) is 2. The van der Waals surface area contributed by atoms with Crippen LogP contribution in [0.4, 0.5) is 0 Å². The van der Waals surface area contributed by atoms with Crippen LogP contribution in [0, 0.1) is 0 Å². The maximum absolute atomic E-state index is 5.56. The maximum Gasteiger partial charge on any atom is 0.0809 e. The first kappa shape index (κ1) is 11.0. The molecule has 0 unspecified atom stereocenters. The highest BCUT2D eigenvalue weighted by Crippen LogP contribution is 2.09. The third-order valence-corrected chi connectivity index (χ3v) is 2.86. The van der Waals surface area contributed by atoms with Gasteiger partial charge in [-0.05, 0) is 30.7 Å². The van der Waals surface area contributed by atoms with Gasteiger partial charge in [0.1, 0.15) is 0 Å². The minimum atomic E-state index is 0.762. The summed E-state index contributed by atoms with van der Waals surface area (Å²) in [4.78, 5) is 1.30. The van der Waals surface area contributed by atoms with Gasteiger partial charge in [-0.3, -0.25) is 0 Å². The lowest BCUT2D eigenvalue weighted by atomic mass is 10.3. The lowest BCUT2D eigenvalue weighted by Crippen LogP contribution is -1.93. The molecule has 1 heterocycles. The summed E-state index contributed by atoms with van der Waals surface area (Å²) in [5.74, 6) is 0.769. The van der Waals surface area contributed by atoms with E-state index in [4.69, 9.17) is 16.3 Å². The average Bonchev–Trinajstić information content (AvgIpc) is 2.63. The number of halogens is 1. The molecule has 0 saturated heterocycles. The van der Waals surface area contributed by atoms with Crippen LogP contribution in [0.5, 0.6) is 0 Å². The molecule has 1 aromatic heterocycles. The molecule has 0 aliphatic heterocycles. The zero-order valence-corrected chi connectivity index (χ0v) is 9.24. The molecule has 0 radical (unpaired) electrons. The van der Waals surface area contributed by atoms with Crippen LogP contribution in [0.15, 0.2) is 17.5 Å². The highest BCUT2D eigenvalue weighted by atomic mass is 35.5. The Morgan fingerprint density at radius 3 is 2.92 bits per heavy atom. The third kappa shape index (κ3) is 5.29. The number of rotatable bonds is 7. The summed E-state index contributed by atoms with van der Waals surface area (Å²) < 4.78 is 5.49. The molecule has 0 atom stereocenters. The first-order chi connectivity index (χ1) is 6.43. The van der Waals surface area contributed by atoms with Gasteiger partial charge in [0.15, 0.2) is 0 Å². The average molecular weight is 219 g/mol. The fourth-order valence-electron chi connectivity index (χ4n) is 1.04. The Morgan fingerprint density at radius 2 is 2.23 bits per heavy atom. The Bertz CT molecular complexity index is 199. The van der Waals surface area contributed by atoms with Gasteiger partial charge in [-0.1, -0.05) is 6.07 Å². The van der Waals surface area contributed by atoms with Crippen LogP contribution in [-0.2, 0) is 11.3 Å². The minimum Gasteiger partial charge on any atom is -0.376 e. The lowest BCUT2D eigenvalue weighted by Gasteiger charge is -2.01. The third-order valence-electron chi connectivity index (χ3n) is 1.75. The highest BCUT2D eigenvalue weighted by Gasteiger charge is 1.93. The molecule has 1 rings (SSSR count). The monoisotopic (exact) mass is 218 g/mol. The van der Waals surface area contributed by atoms with E-state index in [0.717, 1.165) is 31.9 Å². The Hall–Kier alpha value is -0.0500. The molecular weight excluding hydrogens is 204 g/mol. The zero-order chi connectivity index (χ0) is 9.36. The number of thiophene rings is 1. The fourth-order valence-corrected chi connectivity index (χ4v) is 1.87. The molecular formula is C10H15ClOS. The van der Waals surface area contributed by atoms with Gasteiger partial charge in [-0.25, -0.2) is 0 Å². The molecule has 0 aliphatic carbocycles. The molecule has 0 bridgehead atoms. The molecule has 0 aromatic carbocycles. The predicted molar refractivity (Wildman–Crippen MR) is 58.5 cm³/mol. The van der Waals surface area contributed by atoms with Gasteiger partial charge in [0, 0.05) is 17.4 Å². The molecule has 1 aromatic rings. The highest BCUT2D eigenvalue weighted by molar-refractivity contribution is 7.09. The van der Waals surface area contributed by atoms with E-state index in [9.17, 15) is 0 Å². The van der Waals surface area contributed by atoms with Crippen LogP contribution in [-0.4, -0.2) is 12.5 Å². The van der Waals surface area contributed by atoms with Crippen molar-refractivity contribution < 1.29 is 4.74 Å². The quantitative estimate of drug-likeness (QED) is 0.501. The number of ether oxygens (including phenoxy) is 1. The van der Waals surface area contributed by atoms with Crippen LogP contribution in [0.3, 0.4) is 0 Å². The first-order valence-corrected chi connectivity index (χ1v) is 6.01. The zero-order valence-electron chi connectivity index (χ0n) is 7.67. The molecule has 0 aliphatic rings. The van der Waals surface area contributed by atoms with Gasteiger partial charge in [0.25, 0.3) is 0 Å². The van der Waals surface area contributed by atoms with Crippen molar-refractivity contribution in [2.75, 3.05) is 12.5 Å². The molecule has 0 amide bonds. The Labute approximate surface area is 88.7 Å². The summed E-state index contributed by atoms with van der Waals surface area (Å²) in [5, 5.41) is 2.08. The summed E-state index contributed by atoms with van der Waals surface area (Å²) in [6, 6.07) is 4.15. The Balaban J connectivity index is 1.90. The molecule has 0 fully saturated rings. The molecule has 74 valence electrons. The molecule has 13 heavy (non-hydrogen) atoms. The summed E-state index contributed by atoms with van der Waals surface area (Å²) in [7, 11) is 0. The van der Waals surface area contributed by atoms with Crippen molar-refractivity contribution in [1.82, 2.24) is 0 Å². The van der Waals surface area contributed by atoms with Gasteiger partial charge in [0.05, 0.1) is 6.61 Å². The van der Waals surface area contributed by atoms with E-state index >= 15 is 0 Å². The fraction of sp³-hybridized carbons (Fsp3) is 0.600. The van der Waals surface area contributed by atoms with Crippen LogP contribution in [0.25, 0.3) is 0 Å². The van der Waals surface area contributed by atoms with Crippen molar-refractivity contribution in [3.8, 4) is 0 Å². The van der Waals surface area contributed by atoms with E-state index in [1.165, 1.54) is 11.3 Å². The smallest absolute Gasteiger partial charge is 0.0809 e. The standard InChI is InChI=1S/C10H15ClOS/c11-6-2-1-3-7-12-9-10-5-4-8-13-10/h4-5,8H,1-3,6-7,9H2. The van der Waals surface area contributed by atoms with Crippen LogP contribution < -0.4 is 0 Å². The van der Waals surface area contributed by atoms with E-state index in [-0.39, 0.29) is 0 Å². The molecule has 0 spiro atoms. The second kappa shape index (κ2) is 7.36. The largest absolute Gasteiger partial charge is 0.376 e. The molecule has 1 nitrogen and oxygen atoms in total. The summed E-state index contributed by atoms with van der Waals surface area (Å²) in [6.07, 6.45) is 3.40. The van der Waals surface area contributed by atoms with Gasteiger partial charge in [-0.15, -0.1) is 22.9 Å². The SMILES string of the molecule is ClCCCCCOCc1cccs1. The number of alkyl halides is 1. The first-order valence-electron chi connectivity index (χ1n) is 4.59. The second-order valence-electron chi connectivity index (χ2n) is 2.88. The van der Waals surface area contributed by atoms with Gasteiger partial charge in [0.2, 0.25) is 0 Å². The van der Waals surface area contributed by atoms with Crippen molar-refractivity contribution in [3.05, 3.63) is 22.4 Å². The van der Waals surface area contributed by atoms with E-state index in [1.807, 2.05) is 0 Å². The van der Waals surface area contributed by atoms with Crippen molar-refractivity contribution >= 4 is 22.9 Å². The van der Waals surface area contributed by atoms with Crippen molar-refractivity contribution in [2.45, 2.75) is 25.9 Å². The van der Waals surface area contributed by atoms with Crippen molar-refractivity contribution in [1.29, 1.82) is 0 Å². The van der Waals surface area contributed by atoms with E-state index in [2.05, 4.69) is 17.5 Å². The summed E-state index contributed by atoms with van der Waals surface area (Å²) >= 11 is 7.30. The van der Waals surface area contributed by atoms with Gasteiger partial charge >= 0.3 is 0 Å². The van der Waals surface area contributed by atoms with Crippen LogP contribution >= 0.6 is 22.9 Å². The number of unbranched alkanes of at least 4 members (excludes halogenated alkanes) is 2. The molecule has 0 N–H and O–H groups in total. The van der Waals surface area contributed by atoms with E-state index in [1.54, 1.807) is 11.3 Å².